The van der Waals surface area contributed by atoms with Crippen LogP contribution < -0.4 is 11.1 Å². The lowest BCUT2D eigenvalue weighted by Crippen LogP contribution is -2.38. The molecule has 1 heterocycles. The minimum absolute atomic E-state index is 0.0445. The highest BCUT2D eigenvalue weighted by atomic mass is 32.1. The zero-order valence-electron chi connectivity index (χ0n) is 10.6. The van der Waals surface area contributed by atoms with Gasteiger partial charge in [-0.15, -0.1) is 11.3 Å². The average molecular weight is 269 g/mol. The molecule has 18 heavy (non-hydrogen) atoms. The molecule has 4 N–H and O–H groups in total. The van der Waals surface area contributed by atoms with E-state index in [2.05, 4.69) is 23.5 Å². The van der Waals surface area contributed by atoms with Crippen LogP contribution in [0.1, 0.15) is 30.7 Å². The molecule has 1 rings (SSSR count). The Labute approximate surface area is 111 Å². The lowest BCUT2D eigenvalue weighted by atomic mass is 10.0. The normalized spacial score (nSPS) is 13.3. The van der Waals surface area contributed by atoms with Crippen molar-refractivity contribution in [1.82, 2.24) is 5.32 Å². The van der Waals surface area contributed by atoms with E-state index in [4.69, 9.17) is 10.9 Å². The van der Waals surface area contributed by atoms with E-state index in [-0.39, 0.29) is 11.7 Å². The molecule has 6 heteroatoms. The molecule has 0 aromatic carbocycles. The number of carbonyl (C=O) groups excluding carboxylic acids is 1. The van der Waals surface area contributed by atoms with E-state index in [1.807, 2.05) is 12.3 Å². The standard InChI is InChI=1S/C12H19N3O2S/c1-3-8-5-6-18-10(8)7-14-12(16)9(4-2)11(13)15-17/h5-6,9,17H,3-4,7H2,1-2H3,(H2,13,15)(H,14,16). The van der Waals surface area contributed by atoms with Crippen LogP contribution in [-0.4, -0.2) is 17.0 Å². The summed E-state index contributed by atoms with van der Waals surface area (Å²) < 4.78 is 0. The van der Waals surface area contributed by atoms with Gasteiger partial charge in [-0.2, -0.15) is 0 Å². The van der Waals surface area contributed by atoms with Crippen LogP contribution in [0.3, 0.4) is 0 Å². The summed E-state index contributed by atoms with van der Waals surface area (Å²) >= 11 is 1.62. The molecular formula is C12H19N3O2S. The van der Waals surface area contributed by atoms with Crippen molar-refractivity contribution in [3.05, 3.63) is 21.9 Å². The van der Waals surface area contributed by atoms with Crippen LogP contribution in [0, 0.1) is 5.92 Å². The Hall–Kier alpha value is -1.56. The van der Waals surface area contributed by atoms with Crippen LogP contribution in [0.25, 0.3) is 0 Å². The molecule has 1 amide bonds. The molecule has 0 aliphatic carbocycles. The topological polar surface area (TPSA) is 87.7 Å². The third-order valence-electron chi connectivity index (χ3n) is 2.84. The van der Waals surface area contributed by atoms with Gasteiger partial charge in [0.1, 0.15) is 0 Å². The Bertz CT molecular complexity index is 429. The first-order valence-electron chi connectivity index (χ1n) is 5.94. The molecule has 0 aliphatic rings. The number of rotatable bonds is 6. The van der Waals surface area contributed by atoms with Crippen LogP contribution in [0.5, 0.6) is 0 Å². The first kappa shape index (κ1) is 14.5. The highest BCUT2D eigenvalue weighted by molar-refractivity contribution is 7.10. The number of thiophene rings is 1. The van der Waals surface area contributed by atoms with E-state index >= 15 is 0 Å². The summed E-state index contributed by atoms with van der Waals surface area (Å²) in [5.41, 5.74) is 6.72. The number of amides is 1. The van der Waals surface area contributed by atoms with E-state index < -0.39 is 5.92 Å². The highest BCUT2D eigenvalue weighted by Crippen LogP contribution is 2.17. The van der Waals surface area contributed by atoms with Crippen molar-refractivity contribution >= 4 is 23.1 Å². The maximum Gasteiger partial charge on any atom is 0.231 e. The summed E-state index contributed by atoms with van der Waals surface area (Å²) in [7, 11) is 0. The summed E-state index contributed by atoms with van der Waals surface area (Å²) in [6.45, 7) is 4.40. The number of nitrogens with one attached hydrogen (secondary N) is 1. The molecule has 0 fully saturated rings. The predicted octanol–water partition coefficient (Wildman–Crippen LogP) is 1.70. The molecule has 1 atom stereocenters. The number of carbonyl (C=O) groups is 1. The van der Waals surface area contributed by atoms with Gasteiger partial charge < -0.3 is 16.3 Å². The van der Waals surface area contributed by atoms with Crippen molar-refractivity contribution in [2.24, 2.45) is 16.8 Å². The molecule has 1 unspecified atom stereocenters. The molecule has 0 saturated carbocycles. The Morgan fingerprint density at radius 3 is 2.89 bits per heavy atom. The average Bonchev–Trinajstić information content (AvgIpc) is 2.84. The van der Waals surface area contributed by atoms with Gasteiger partial charge >= 0.3 is 0 Å². The van der Waals surface area contributed by atoms with Crippen molar-refractivity contribution in [3.63, 3.8) is 0 Å². The molecule has 1 aromatic rings. The molecule has 0 aliphatic heterocycles. The molecule has 0 bridgehead atoms. The summed E-state index contributed by atoms with van der Waals surface area (Å²) in [6, 6.07) is 2.06. The fraction of sp³-hybridized carbons (Fsp3) is 0.500. The lowest BCUT2D eigenvalue weighted by molar-refractivity contribution is -0.123. The number of hydrogen-bond donors (Lipinski definition) is 3. The van der Waals surface area contributed by atoms with Crippen molar-refractivity contribution in [3.8, 4) is 0 Å². The number of nitrogens with zero attached hydrogens (tertiary/aromatic N) is 1. The Morgan fingerprint density at radius 1 is 1.61 bits per heavy atom. The van der Waals surface area contributed by atoms with Crippen molar-refractivity contribution in [2.45, 2.75) is 33.2 Å². The fourth-order valence-corrected chi connectivity index (χ4v) is 2.64. The van der Waals surface area contributed by atoms with Gasteiger partial charge in [0.15, 0.2) is 5.84 Å². The third-order valence-corrected chi connectivity index (χ3v) is 3.80. The van der Waals surface area contributed by atoms with Gasteiger partial charge in [0.25, 0.3) is 0 Å². The van der Waals surface area contributed by atoms with Gasteiger partial charge in [-0.05, 0) is 29.9 Å². The highest BCUT2D eigenvalue weighted by Gasteiger charge is 2.21. The first-order chi connectivity index (χ1) is 8.63. The van der Waals surface area contributed by atoms with E-state index in [9.17, 15) is 4.79 Å². The maximum atomic E-state index is 11.9. The predicted molar refractivity (Wildman–Crippen MR) is 72.7 cm³/mol. The second-order valence-electron chi connectivity index (χ2n) is 3.93. The third kappa shape index (κ3) is 3.46. The molecule has 0 radical (unpaired) electrons. The van der Waals surface area contributed by atoms with Gasteiger partial charge in [0.2, 0.25) is 5.91 Å². The minimum atomic E-state index is -0.569. The molecular weight excluding hydrogens is 250 g/mol. The van der Waals surface area contributed by atoms with Gasteiger partial charge in [0.05, 0.1) is 12.5 Å². The lowest BCUT2D eigenvalue weighted by Gasteiger charge is -2.13. The molecule has 0 saturated heterocycles. The second-order valence-corrected chi connectivity index (χ2v) is 4.93. The van der Waals surface area contributed by atoms with Crippen LogP contribution in [0.15, 0.2) is 16.6 Å². The fourth-order valence-electron chi connectivity index (χ4n) is 1.73. The van der Waals surface area contributed by atoms with Crippen LogP contribution in [0.2, 0.25) is 0 Å². The summed E-state index contributed by atoms with van der Waals surface area (Å²) in [4.78, 5) is 13.0. The number of oxime groups is 1. The SMILES string of the molecule is CCc1ccsc1CNC(=O)C(CC)C(N)=NO. The van der Waals surface area contributed by atoms with E-state index in [0.29, 0.717) is 13.0 Å². The monoisotopic (exact) mass is 269 g/mol. The van der Waals surface area contributed by atoms with Crippen molar-refractivity contribution in [1.29, 1.82) is 0 Å². The molecule has 100 valence electrons. The van der Waals surface area contributed by atoms with Gasteiger partial charge in [-0.1, -0.05) is 19.0 Å². The summed E-state index contributed by atoms with van der Waals surface area (Å²) in [5.74, 6) is -0.819. The van der Waals surface area contributed by atoms with Crippen LogP contribution >= 0.6 is 11.3 Å². The Morgan fingerprint density at radius 2 is 2.33 bits per heavy atom. The second kappa shape index (κ2) is 7.00. The van der Waals surface area contributed by atoms with Crippen LogP contribution in [0.4, 0.5) is 0 Å². The maximum absolute atomic E-state index is 11.9. The zero-order chi connectivity index (χ0) is 13.5. The van der Waals surface area contributed by atoms with E-state index in [1.54, 1.807) is 11.3 Å². The number of amidine groups is 1. The number of nitrogens with two attached hydrogens (primary N) is 1. The zero-order valence-corrected chi connectivity index (χ0v) is 11.5. The van der Waals surface area contributed by atoms with E-state index in [1.165, 1.54) is 5.56 Å². The van der Waals surface area contributed by atoms with Crippen molar-refractivity contribution in [2.75, 3.05) is 0 Å². The van der Waals surface area contributed by atoms with E-state index in [0.717, 1.165) is 11.3 Å². The molecule has 0 spiro atoms. The molecule has 1 aromatic heterocycles. The minimum Gasteiger partial charge on any atom is -0.409 e. The Balaban J connectivity index is 2.60. The summed E-state index contributed by atoms with van der Waals surface area (Å²) in [6.07, 6.45) is 1.46. The largest absolute Gasteiger partial charge is 0.409 e. The molecule has 5 nitrogen and oxygen atoms in total. The smallest absolute Gasteiger partial charge is 0.231 e. The van der Waals surface area contributed by atoms with Gasteiger partial charge in [0, 0.05) is 4.88 Å². The van der Waals surface area contributed by atoms with Crippen LogP contribution in [-0.2, 0) is 17.8 Å². The Kier molecular flexibility index (Phi) is 5.64. The van der Waals surface area contributed by atoms with Gasteiger partial charge in [-0.3, -0.25) is 4.79 Å². The first-order valence-corrected chi connectivity index (χ1v) is 6.82. The number of hydrogen-bond acceptors (Lipinski definition) is 4. The summed E-state index contributed by atoms with van der Waals surface area (Å²) in [5, 5.41) is 16.3. The van der Waals surface area contributed by atoms with Crippen molar-refractivity contribution < 1.29 is 10.0 Å². The number of aryl methyl sites for hydroxylation is 1. The quantitative estimate of drug-likeness (QED) is 0.318. The van der Waals surface area contributed by atoms with Gasteiger partial charge in [-0.25, -0.2) is 0 Å².